The molecule has 4 aromatic rings. The summed E-state index contributed by atoms with van der Waals surface area (Å²) in [6, 6.07) is 18.7. The molecule has 0 radical (unpaired) electrons. The Morgan fingerprint density at radius 3 is 2.50 bits per heavy atom. The lowest BCUT2D eigenvalue weighted by Crippen LogP contribution is -1.80. The van der Waals surface area contributed by atoms with Gasteiger partial charge in [-0.05, 0) is 60.4 Å². The molecule has 0 saturated carbocycles. The Morgan fingerprint density at radius 2 is 1.68 bits per heavy atom. The molecule has 1 nitrogen and oxygen atoms in total. The van der Waals surface area contributed by atoms with E-state index >= 15 is 0 Å². The van der Waals surface area contributed by atoms with Crippen molar-refractivity contribution in [2.75, 3.05) is 0 Å². The van der Waals surface area contributed by atoms with Crippen molar-refractivity contribution in [3.8, 4) is 11.1 Å². The molecule has 0 spiro atoms. The van der Waals surface area contributed by atoms with E-state index in [1.54, 1.807) is 0 Å². The Balaban J connectivity index is 1.97. The Bertz CT molecular complexity index is 991. The van der Waals surface area contributed by atoms with E-state index in [0.29, 0.717) is 0 Å². The number of halogens is 1. The minimum Gasteiger partial charge on any atom is -0.456 e. The molecule has 0 aliphatic carbocycles. The Morgan fingerprint density at radius 1 is 0.818 bits per heavy atom. The van der Waals surface area contributed by atoms with Crippen LogP contribution in [0.3, 0.4) is 0 Å². The van der Waals surface area contributed by atoms with Gasteiger partial charge in [-0.25, -0.2) is 0 Å². The van der Waals surface area contributed by atoms with E-state index in [9.17, 15) is 0 Å². The molecule has 4 rings (SSSR count). The van der Waals surface area contributed by atoms with E-state index in [1.807, 2.05) is 12.1 Å². The third kappa shape index (κ3) is 2.10. The number of rotatable bonds is 1. The van der Waals surface area contributed by atoms with Gasteiger partial charge in [0.15, 0.2) is 0 Å². The van der Waals surface area contributed by atoms with Gasteiger partial charge in [-0.1, -0.05) is 41.9 Å². The number of para-hydroxylation sites is 1. The van der Waals surface area contributed by atoms with Crippen molar-refractivity contribution in [2.24, 2.45) is 0 Å². The largest absolute Gasteiger partial charge is 0.456 e. The van der Waals surface area contributed by atoms with Crippen molar-refractivity contribution in [1.82, 2.24) is 0 Å². The summed E-state index contributed by atoms with van der Waals surface area (Å²) < 4.78 is 6.07. The quantitative estimate of drug-likeness (QED) is 0.390. The van der Waals surface area contributed by atoms with Gasteiger partial charge in [0.25, 0.3) is 0 Å². The van der Waals surface area contributed by atoms with Crippen LogP contribution < -0.4 is 0 Å². The maximum atomic E-state index is 6.18. The topological polar surface area (TPSA) is 13.1 Å². The summed E-state index contributed by atoms with van der Waals surface area (Å²) in [6.45, 7) is 4.13. The first-order valence-corrected chi connectivity index (χ1v) is 7.69. The van der Waals surface area contributed by atoms with Gasteiger partial charge < -0.3 is 4.42 Å². The number of benzene rings is 3. The number of furan rings is 1. The van der Waals surface area contributed by atoms with Crippen molar-refractivity contribution in [3.63, 3.8) is 0 Å². The van der Waals surface area contributed by atoms with E-state index in [1.165, 1.54) is 5.39 Å². The van der Waals surface area contributed by atoms with Crippen LogP contribution in [0.2, 0.25) is 5.02 Å². The lowest BCUT2D eigenvalue weighted by Gasteiger charge is -2.04. The number of hydrogen-bond donors (Lipinski definition) is 0. The lowest BCUT2D eigenvalue weighted by molar-refractivity contribution is 0.666. The standard InChI is InChI=1S/C20H15ClO/c1-12-8-15(10-16(21)9-12)14-6-7-17-18-5-3-4-13(2)20(18)22-19(17)11-14/h3-11H,1-2H3. The summed E-state index contributed by atoms with van der Waals surface area (Å²) in [6.07, 6.45) is 0. The smallest absolute Gasteiger partial charge is 0.138 e. The van der Waals surface area contributed by atoms with Gasteiger partial charge in [0.1, 0.15) is 11.2 Å². The second-order valence-electron chi connectivity index (χ2n) is 5.78. The summed E-state index contributed by atoms with van der Waals surface area (Å²) in [4.78, 5) is 0. The molecule has 0 unspecified atom stereocenters. The van der Waals surface area contributed by atoms with Crippen LogP contribution in [-0.2, 0) is 0 Å². The number of fused-ring (bicyclic) bond motifs is 3. The number of hydrogen-bond acceptors (Lipinski definition) is 1. The van der Waals surface area contributed by atoms with Crippen LogP contribution >= 0.6 is 11.6 Å². The zero-order chi connectivity index (χ0) is 15.3. The average Bonchev–Trinajstić information content (AvgIpc) is 2.85. The Hall–Kier alpha value is -2.25. The SMILES string of the molecule is Cc1cc(Cl)cc(-c2ccc3c(c2)oc2c(C)cccc23)c1. The van der Waals surface area contributed by atoms with Gasteiger partial charge >= 0.3 is 0 Å². The van der Waals surface area contributed by atoms with Crippen molar-refractivity contribution in [3.05, 3.63) is 70.7 Å². The predicted molar refractivity (Wildman–Crippen MR) is 93.6 cm³/mol. The summed E-state index contributed by atoms with van der Waals surface area (Å²) in [5, 5.41) is 3.08. The highest BCUT2D eigenvalue weighted by atomic mass is 35.5. The van der Waals surface area contributed by atoms with Gasteiger partial charge in [-0.2, -0.15) is 0 Å². The molecule has 108 valence electrons. The fourth-order valence-corrected chi connectivity index (χ4v) is 3.31. The highest BCUT2D eigenvalue weighted by Crippen LogP contribution is 2.34. The van der Waals surface area contributed by atoms with E-state index in [4.69, 9.17) is 16.0 Å². The third-order valence-corrected chi connectivity index (χ3v) is 4.29. The normalized spacial score (nSPS) is 11.4. The predicted octanol–water partition coefficient (Wildman–Crippen LogP) is 6.52. The monoisotopic (exact) mass is 306 g/mol. The molecule has 3 aromatic carbocycles. The molecule has 2 heteroatoms. The van der Waals surface area contributed by atoms with Gasteiger partial charge in [0.2, 0.25) is 0 Å². The maximum Gasteiger partial charge on any atom is 0.138 e. The first-order chi connectivity index (χ1) is 10.6. The van der Waals surface area contributed by atoms with Crippen LogP contribution in [-0.4, -0.2) is 0 Å². The molecule has 0 bridgehead atoms. The van der Waals surface area contributed by atoms with Gasteiger partial charge in [-0.15, -0.1) is 0 Å². The maximum absolute atomic E-state index is 6.18. The van der Waals surface area contributed by atoms with E-state index < -0.39 is 0 Å². The van der Waals surface area contributed by atoms with Crippen molar-refractivity contribution >= 4 is 33.5 Å². The van der Waals surface area contributed by atoms with Crippen LogP contribution in [0.1, 0.15) is 11.1 Å². The van der Waals surface area contributed by atoms with E-state index in [-0.39, 0.29) is 0 Å². The average molecular weight is 307 g/mol. The number of aryl methyl sites for hydroxylation is 2. The van der Waals surface area contributed by atoms with Crippen molar-refractivity contribution < 1.29 is 4.42 Å². The second-order valence-corrected chi connectivity index (χ2v) is 6.22. The Kier molecular flexibility index (Phi) is 2.98. The molecule has 22 heavy (non-hydrogen) atoms. The molecule has 1 heterocycles. The molecular formula is C20H15ClO. The van der Waals surface area contributed by atoms with Gasteiger partial charge in [0.05, 0.1) is 0 Å². The minimum absolute atomic E-state index is 0.760. The third-order valence-electron chi connectivity index (χ3n) is 4.07. The van der Waals surface area contributed by atoms with Crippen LogP contribution in [0.4, 0.5) is 0 Å². The first-order valence-electron chi connectivity index (χ1n) is 7.31. The molecule has 0 amide bonds. The molecular weight excluding hydrogens is 292 g/mol. The Labute approximate surface area is 134 Å². The van der Waals surface area contributed by atoms with E-state index in [0.717, 1.165) is 43.8 Å². The fraction of sp³-hybridized carbons (Fsp3) is 0.100. The van der Waals surface area contributed by atoms with Crippen LogP contribution in [0, 0.1) is 13.8 Å². The lowest BCUT2D eigenvalue weighted by atomic mass is 10.0. The molecule has 0 atom stereocenters. The van der Waals surface area contributed by atoms with Crippen LogP contribution in [0.5, 0.6) is 0 Å². The van der Waals surface area contributed by atoms with Crippen molar-refractivity contribution in [2.45, 2.75) is 13.8 Å². The second kappa shape index (κ2) is 4.89. The molecule has 0 aliphatic rings. The highest BCUT2D eigenvalue weighted by molar-refractivity contribution is 6.31. The fourth-order valence-electron chi connectivity index (χ4n) is 3.02. The zero-order valence-corrected chi connectivity index (χ0v) is 13.2. The first kappa shape index (κ1) is 13.4. The summed E-state index contributed by atoms with van der Waals surface area (Å²) >= 11 is 6.18. The molecule has 0 saturated heterocycles. The van der Waals surface area contributed by atoms with Gasteiger partial charge in [-0.3, -0.25) is 0 Å². The summed E-state index contributed by atoms with van der Waals surface area (Å²) in [7, 11) is 0. The minimum atomic E-state index is 0.760. The van der Waals surface area contributed by atoms with Crippen LogP contribution in [0.25, 0.3) is 33.1 Å². The zero-order valence-electron chi connectivity index (χ0n) is 12.5. The van der Waals surface area contributed by atoms with Crippen molar-refractivity contribution in [1.29, 1.82) is 0 Å². The highest BCUT2D eigenvalue weighted by Gasteiger charge is 2.10. The van der Waals surface area contributed by atoms with E-state index in [2.05, 4.69) is 56.3 Å². The van der Waals surface area contributed by atoms with Gasteiger partial charge in [0, 0.05) is 15.8 Å². The summed E-state index contributed by atoms with van der Waals surface area (Å²) in [5.41, 5.74) is 6.44. The molecule has 0 N–H and O–H groups in total. The molecule has 1 aromatic heterocycles. The molecule has 0 fully saturated rings. The summed E-state index contributed by atoms with van der Waals surface area (Å²) in [5.74, 6) is 0. The molecule has 0 aliphatic heterocycles. The van der Waals surface area contributed by atoms with Crippen LogP contribution in [0.15, 0.2) is 59.0 Å².